The summed E-state index contributed by atoms with van der Waals surface area (Å²) in [5.41, 5.74) is 5.16. The van der Waals surface area contributed by atoms with Gasteiger partial charge in [0.1, 0.15) is 5.82 Å². The van der Waals surface area contributed by atoms with E-state index in [0.29, 0.717) is 0 Å². The Hall–Kier alpha value is -2.19. The fourth-order valence-electron chi connectivity index (χ4n) is 3.48. The summed E-state index contributed by atoms with van der Waals surface area (Å²) in [6.45, 7) is 6.97. The molecule has 2 heteroatoms. The van der Waals surface area contributed by atoms with Crippen LogP contribution in [0.3, 0.4) is 0 Å². The van der Waals surface area contributed by atoms with E-state index in [4.69, 9.17) is 0 Å². The Labute approximate surface area is 157 Å². The minimum Gasteiger partial charge on any atom is -0.207 e. The van der Waals surface area contributed by atoms with Crippen LogP contribution < -0.4 is 5.19 Å². The van der Waals surface area contributed by atoms with Crippen LogP contribution in [0.5, 0.6) is 0 Å². The molecule has 3 aromatic carbocycles. The highest BCUT2D eigenvalue weighted by Gasteiger charge is 2.23. The van der Waals surface area contributed by atoms with Crippen molar-refractivity contribution in [3.05, 3.63) is 89.7 Å². The first-order chi connectivity index (χ1) is 12.5. The molecule has 0 saturated heterocycles. The van der Waals surface area contributed by atoms with Gasteiger partial charge < -0.3 is 0 Å². The smallest absolute Gasteiger partial charge is 0.123 e. The summed E-state index contributed by atoms with van der Waals surface area (Å²) in [5, 5.41) is 1.44. The maximum atomic E-state index is 13.1. The van der Waals surface area contributed by atoms with Gasteiger partial charge >= 0.3 is 0 Å². The summed E-state index contributed by atoms with van der Waals surface area (Å²) in [4.78, 5) is 0. The predicted octanol–water partition coefficient (Wildman–Crippen LogP) is 6.14. The lowest BCUT2D eigenvalue weighted by atomic mass is 10.0. The highest BCUT2D eigenvalue weighted by atomic mass is 28.3. The molecule has 0 aliphatic heterocycles. The molecule has 0 amide bonds. The Morgan fingerprint density at radius 3 is 1.73 bits per heavy atom. The van der Waals surface area contributed by atoms with Crippen LogP contribution in [0.25, 0.3) is 11.1 Å². The van der Waals surface area contributed by atoms with Gasteiger partial charge in [0.25, 0.3) is 0 Å². The van der Waals surface area contributed by atoms with E-state index < -0.39 is 8.07 Å². The fourth-order valence-corrected chi connectivity index (χ4v) is 6.01. The van der Waals surface area contributed by atoms with Gasteiger partial charge in [-0.05, 0) is 41.3 Å². The van der Waals surface area contributed by atoms with Crippen LogP contribution in [-0.2, 0) is 12.5 Å². The van der Waals surface area contributed by atoms with Gasteiger partial charge in [0.05, 0.1) is 8.07 Å². The van der Waals surface area contributed by atoms with Gasteiger partial charge in [0.2, 0.25) is 0 Å². The topological polar surface area (TPSA) is 0 Å². The van der Waals surface area contributed by atoms with Crippen LogP contribution in [-0.4, -0.2) is 8.07 Å². The fraction of sp³-hybridized carbons (Fsp3) is 0.250. The summed E-state index contributed by atoms with van der Waals surface area (Å²) < 4.78 is 13.1. The molecule has 0 aromatic heterocycles. The first-order valence-corrected chi connectivity index (χ1v) is 12.6. The maximum absolute atomic E-state index is 13.1. The number of rotatable bonds is 6. The molecule has 26 heavy (non-hydrogen) atoms. The lowest BCUT2D eigenvalue weighted by Crippen LogP contribution is -2.43. The van der Waals surface area contributed by atoms with Crippen molar-refractivity contribution < 1.29 is 4.39 Å². The van der Waals surface area contributed by atoms with Gasteiger partial charge in [-0.1, -0.05) is 97.9 Å². The van der Waals surface area contributed by atoms with Gasteiger partial charge in [-0.15, -0.1) is 0 Å². The molecule has 0 heterocycles. The molecule has 0 unspecified atom stereocenters. The molecule has 3 rings (SSSR count). The standard InChI is InChI=1S/C24H27FSi/c1-4-5-19-6-10-21(11-7-19)22-12-16-24(17-13-22)26(2,3)18-20-8-14-23(25)15-9-20/h6-17H,4-5,18H2,1-3H3. The molecule has 0 nitrogen and oxygen atoms in total. The van der Waals surface area contributed by atoms with Gasteiger partial charge in [-0.25, -0.2) is 4.39 Å². The van der Waals surface area contributed by atoms with E-state index in [1.807, 2.05) is 12.1 Å². The number of hydrogen-bond donors (Lipinski definition) is 0. The summed E-state index contributed by atoms with van der Waals surface area (Å²) in [6.07, 6.45) is 2.32. The van der Waals surface area contributed by atoms with Crippen LogP contribution in [0, 0.1) is 5.82 Å². The Kier molecular flexibility index (Phi) is 5.73. The molecule has 0 bridgehead atoms. The van der Waals surface area contributed by atoms with Crippen LogP contribution in [0.15, 0.2) is 72.8 Å². The number of aryl methyl sites for hydroxylation is 1. The average Bonchev–Trinajstić information content (AvgIpc) is 2.65. The van der Waals surface area contributed by atoms with E-state index in [-0.39, 0.29) is 5.82 Å². The molecule has 3 aromatic rings. The zero-order valence-electron chi connectivity index (χ0n) is 15.9. The monoisotopic (exact) mass is 362 g/mol. The largest absolute Gasteiger partial charge is 0.207 e. The van der Waals surface area contributed by atoms with E-state index in [9.17, 15) is 4.39 Å². The van der Waals surface area contributed by atoms with Crippen molar-refractivity contribution in [1.29, 1.82) is 0 Å². The van der Waals surface area contributed by atoms with Crippen LogP contribution >= 0.6 is 0 Å². The molecule has 0 aliphatic rings. The van der Waals surface area contributed by atoms with E-state index in [2.05, 4.69) is 68.5 Å². The van der Waals surface area contributed by atoms with Crippen molar-refractivity contribution >= 4 is 13.3 Å². The van der Waals surface area contributed by atoms with Crippen molar-refractivity contribution in [3.63, 3.8) is 0 Å². The maximum Gasteiger partial charge on any atom is 0.123 e. The van der Waals surface area contributed by atoms with Crippen molar-refractivity contribution in [3.8, 4) is 11.1 Å². The van der Waals surface area contributed by atoms with Gasteiger partial charge in [-0.3, -0.25) is 0 Å². The minimum absolute atomic E-state index is 0.164. The molecule has 0 saturated carbocycles. The zero-order valence-corrected chi connectivity index (χ0v) is 16.9. The molecular formula is C24H27FSi. The minimum atomic E-state index is -1.60. The van der Waals surface area contributed by atoms with E-state index >= 15 is 0 Å². The summed E-state index contributed by atoms with van der Waals surface area (Å²) >= 11 is 0. The third kappa shape index (κ3) is 4.50. The first-order valence-electron chi connectivity index (χ1n) is 9.42. The van der Waals surface area contributed by atoms with Crippen LogP contribution in [0.1, 0.15) is 24.5 Å². The third-order valence-electron chi connectivity index (χ3n) is 5.05. The van der Waals surface area contributed by atoms with Crippen molar-refractivity contribution in [1.82, 2.24) is 0 Å². The van der Waals surface area contributed by atoms with E-state index in [1.54, 1.807) is 12.1 Å². The van der Waals surface area contributed by atoms with Gasteiger partial charge in [-0.2, -0.15) is 0 Å². The highest BCUT2D eigenvalue weighted by Crippen LogP contribution is 2.21. The van der Waals surface area contributed by atoms with Crippen LogP contribution in [0.2, 0.25) is 13.1 Å². The van der Waals surface area contributed by atoms with Gasteiger partial charge in [0, 0.05) is 0 Å². The van der Waals surface area contributed by atoms with Crippen molar-refractivity contribution in [2.45, 2.75) is 38.9 Å². The second-order valence-electron chi connectivity index (χ2n) is 7.71. The Balaban J connectivity index is 1.76. The molecule has 0 N–H and O–H groups in total. The number of benzene rings is 3. The van der Waals surface area contributed by atoms with E-state index in [0.717, 1.165) is 12.5 Å². The Morgan fingerprint density at radius 2 is 1.19 bits per heavy atom. The van der Waals surface area contributed by atoms with Gasteiger partial charge in [0.15, 0.2) is 0 Å². The molecule has 0 spiro atoms. The molecule has 134 valence electrons. The van der Waals surface area contributed by atoms with Crippen LogP contribution in [0.4, 0.5) is 4.39 Å². The Morgan fingerprint density at radius 1 is 0.692 bits per heavy atom. The predicted molar refractivity (Wildman–Crippen MR) is 113 cm³/mol. The molecule has 0 aliphatic carbocycles. The van der Waals surface area contributed by atoms with E-state index in [1.165, 1.54) is 33.9 Å². The first kappa shape index (κ1) is 18.6. The van der Waals surface area contributed by atoms with Crippen molar-refractivity contribution in [2.24, 2.45) is 0 Å². The lowest BCUT2D eigenvalue weighted by Gasteiger charge is -2.23. The summed E-state index contributed by atoms with van der Waals surface area (Å²) in [5.74, 6) is -0.164. The molecule has 0 atom stereocenters. The summed E-state index contributed by atoms with van der Waals surface area (Å²) in [7, 11) is -1.60. The summed E-state index contributed by atoms with van der Waals surface area (Å²) in [6, 6.07) is 25.9. The Bertz CT molecular complexity index is 831. The second-order valence-corrected chi connectivity index (χ2v) is 12.4. The molecular weight excluding hydrogens is 335 g/mol. The quantitative estimate of drug-likeness (QED) is 0.462. The number of halogens is 1. The lowest BCUT2D eigenvalue weighted by molar-refractivity contribution is 0.627. The molecule has 0 radical (unpaired) electrons. The normalized spacial score (nSPS) is 11.5. The third-order valence-corrected chi connectivity index (χ3v) is 8.24. The van der Waals surface area contributed by atoms with Crippen molar-refractivity contribution in [2.75, 3.05) is 0 Å². The SMILES string of the molecule is CCCc1ccc(-c2ccc([Si](C)(C)Cc3ccc(F)cc3)cc2)cc1. The average molecular weight is 363 g/mol. The number of hydrogen-bond acceptors (Lipinski definition) is 0. The highest BCUT2D eigenvalue weighted by molar-refractivity contribution is 6.89. The zero-order chi connectivity index (χ0) is 18.6. The molecule has 0 fully saturated rings. The second kappa shape index (κ2) is 8.01.